The molecule has 1 saturated heterocycles. The van der Waals surface area contributed by atoms with E-state index in [1.165, 1.54) is 29.2 Å². The van der Waals surface area contributed by atoms with Gasteiger partial charge in [-0.05, 0) is 55.4 Å². The summed E-state index contributed by atoms with van der Waals surface area (Å²) in [7, 11) is 0. The lowest BCUT2D eigenvalue weighted by Crippen LogP contribution is -2.32. The van der Waals surface area contributed by atoms with Gasteiger partial charge in [-0.1, -0.05) is 0 Å². The van der Waals surface area contributed by atoms with Crippen molar-refractivity contribution in [2.45, 2.75) is 19.3 Å². The number of halogens is 1. The van der Waals surface area contributed by atoms with Gasteiger partial charge in [0.2, 0.25) is 11.8 Å². The van der Waals surface area contributed by atoms with E-state index < -0.39 is 0 Å². The van der Waals surface area contributed by atoms with Crippen LogP contribution in [0.1, 0.15) is 19.3 Å². The van der Waals surface area contributed by atoms with Crippen LogP contribution in [0.2, 0.25) is 0 Å². The van der Waals surface area contributed by atoms with Crippen molar-refractivity contribution in [3.8, 4) is 0 Å². The Balaban J connectivity index is 1.73. The minimum absolute atomic E-state index is 0.0752. The highest BCUT2D eigenvalue weighted by Gasteiger charge is 2.61. The number of hydrogen-bond donors (Lipinski definition) is 0. The molecule has 0 spiro atoms. The maximum atomic E-state index is 12.9. The maximum Gasteiger partial charge on any atom is 0.237 e. The normalized spacial score (nSPS) is 36.2. The van der Waals surface area contributed by atoms with Gasteiger partial charge in [-0.15, -0.1) is 0 Å². The van der Waals surface area contributed by atoms with Crippen LogP contribution >= 0.6 is 0 Å². The minimum atomic E-state index is -0.358. The number of benzene rings is 1. The Kier molecular flexibility index (Phi) is 2.14. The van der Waals surface area contributed by atoms with Crippen molar-refractivity contribution in [2.75, 3.05) is 4.90 Å². The highest BCUT2D eigenvalue weighted by Crippen LogP contribution is 2.56. The fraction of sp³-hybridized carbons (Fsp3) is 0.467. The van der Waals surface area contributed by atoms with Crippen LogP contribution in [0.5, 0.6) is 0 Å². The predicted molar refractivity (Wildman–Crippen MR) is 66.7 cm³/mol. The van der Waals surface area contributed by atoms with E-state index >= 15 is 0 Å². The lowest BCUT2D eigenvalue weighted by molar-refractivity contribution is -0.123. The van der Waals surface area contributed by atoms with E-state index in [-0.39, 0.29) is 29.5 Å². The molecule has 2 saturated carbocycles. The summed E-state index contributed by atoms with van der Waals surface area (Å²) >= 11 is 0. The number of anilines is 1. The highest BCUT2D eigenvalue weighted by atomic mass is 19.1. The van der Waals surface area contributed by atoms with Crippen LogP contribution in [0.15, 0.2) is 24.3 Å². The van der Waals surface area contributed by atoms with Gasteiger partial charge in [0.1, 0.15) is 5.82 Å². The summed E-state index contributed by atoms with van der Waals surface area (Å²) in [6.45, 7) is 0. The summed E-state index contributed by atoms with van der Waals surface area (Å²) in [5, 5.41) is 0. The van der Waals surface area contributed by atoms with Gasteiger partial charge in [0, 0.05) is 0 Å². The molecule has 98 valence electrons. The summed E-state index contributed by atoms with van der Waals surface area (Å²) in [5.41, 5.74) is 0.505. The molecule has 0 radical (unpaired) electrons. The van der Waals surface area contributed by atoms with Crippen molar-refractivity contribution in [3.63, 3.8) is 0 Å². The second-order valence-electron chi connectivity index (χ2n) is 5.87. The number of fused-ring (bicyclic) bond motifs is 5. The van der Waals surface area contributed by atoms with E-state index in [9.17, 15) is 14.0 Å². The molecular weight excluding hydrogens is 245 g/mol. The second-order valence-corrected chi connectivity index (χ2v) is 5.87. The molecule has 3 aliphatic rings. The van der Waals surface area contributed by atoms with Crippen LogP contribution in [-0.2, 0) is 9.59 Å². The molecule has 4 rings (SSSR count). The van der Waals surface area contributed by atoms with Gasteiger partial charge < -0.3 is 0 Å². The SMILES string of the molecule is O=C1C2C3CCC(C3)C2C(=O)N1c1ccc(F)cc1. The Morgan fingerprint density at radius 1 is 0.947 bits per heavy atom. The Labute approximate surface area is 110 Å². The van der Waals surface area contributed by atoms with Crippen LogP contribution in [-0.4, -0.2) is 11.8 Å². The summed E-state index contributed by atoms with van der Waals surface area (Å²) in [6, 6.07) is 5.60. The number of amides is 2. The molecule has 2 aliphatic carbocycles. The van der Waals surface area contributed by atoms with Crippen molar-refractivity contribution >= 4 is 17.5 Å². The Morgan fingerprint density at radius 3 is 2.00 bits per heavy atom. The third kappa shape index (κ3) is 1.37. The number of imide groups is 1. The zero-order chi connectivity index (χ0) is 13.1. The van der Waals surface area contributed by atoms with E-state index in [4.69, 9.17) is 0 Å². The molecule has 1 heterocycles. The molecule has 1 aromatic carbocycles. The molecular formula is C15H14FNO2. The molecule has 3 fully saturated rings. The first-order valence-corrected chi connectivity index (χ1v) is 6.80. The smallest absolute Gasteiger partial charge is 0.237 e. The lowest BCUT2D eigenvalue weighted by Gasteiger charge is -2.19. The predicted octanol–water partition coefficient (Wildman–Crippen LogP) is 2.36. The van der Waals surface area contributed by atoms with Gasteiger partial charge in [0.05, 0.1) is 17.5 Å². The van der Waals surface area contributed by atoms with Gasteiger partial charge in [-0.3, -0.25) is 14.5 Å². The van der Waals surface area contributed by atoms with E-state index in [1.807, 2.05) is 0 Å². The monoisotopic (exact) mass is 259 g/mol. The lowest BCUT2D eigenvalue weighted by atomic mass is 9.81. The van der Waals surface area contributed by atoms with Crippen LogP contribution in [0.25, 0.3) is 0 Å². The van der Waals surface area contributed by atoms with Gasteiger partial charge in [0.25, 0.3) is 0 Å². The van der Waals surface area contributed by atoms with Crippen molar-refractivity contribution in [1.82, 2.24) is 0 Å². The first kappa shape index (κ1) is 11.1. The fourth-order valence-electron chi connectivity index (χ4n) is 4.25. The first-order valence-electron chi connectivity index (χ1n) is 6.80. The van der Waals surface area contributed by atoms with Crippen LogP contribution in [0.4, 0.5) is 10.1 Å². The zero-order valence-electron chi connectivity index (χ0n) is 10.4. The Bertz CT molecular complexity index is 540. The van der Waals surface area contributed by atoms with Crippen LogP contribution in [0, 0.1) is 29.5 Å². The Morgan fingerprint density at radius 2 is 1.47 bits per heavy atom. The van der Waals surface area contributed by atoms with Crippen LogP contribution in [0.3, 0.4) is 0 Å². The summed E-state index contributed by atoms with van der Waals surface area (Å²) < 4.78 is 12.9. The van der Waals surface area contributed by atoms with Crippen molar-refractivity contribution < 1.29 is 14.0 Å². The molecule has 4 unspecified atom stereocenters. The molecule has 2 bridgehead atoms. The quantitative estimate of drug-likeness (QED) is 0.726. The van der Waals surface area contributed by atoms with Gasteiger partial charge >= 0.3 is 0 Å². The van der Waals surface area contributed by atoms with E-state index in [0.29, 0.717) is 17.5 Å². The van der Waals surface area contributed by atoms with E-state index in [2.05, 4.69) is 0 Å². The zero-order valence-corrected chi connectivity index (χ0v) is 10.4. The average Bonchev–Trinajstić information content (AvgIpc) is 3.06. The number of carbonyl (C=O) groups excluding carboxylic acids is 2. The van der Waals surface area contributed by atoms with Crippen LogP contribution < -0.4 is 4.90 Å². The number of nitrogens with zero attached hydrogens (tertiary/aromatic N) is 1. The summed E-state index contributed by atoms with van der Waals surface area (Å²) in [5.74, 6) is 0.0344. The fourth-order valence-corrected chi connectivity index (χ4v) is 4.25. The molecule has 3 nitrogen and oxygen atoms in total. The number of carbonyl (C=O) groups is 2. The molecule has 1 aliphatic heterocycles. The highest BCUT2D eigenvalue weighted by molar-refractivity contribution is 6.22. The topological polar surface area (TPSA) is 37.4 Å². The average molecular weight is 259 g/mol. The molecule has 4 atom stereocenters. The van der Waals surface area contributed by atoms with Gasteiger partial charge in [-0.25, -0.2) is 4.39 Å². The maximum absolute atomic E-state index is 12.9. The third-order valence-corrected chi connectivity index (χ3v) is 5.01. The summed E-state index contributed by atoms with van der Waals surface area (Å²) in [6.07, 6.45) is 3.17. The Hall–Kier alpha value is -1.71. The summed E-state index contributed by atoms with van der Waals surface area (Å²) in [4.78, 5) is 26.2. The minimum Gasteiger partial charge on any atom is -0.274 e. The second kappa shape index (κ2) is 3.65. The molecule has 0 N–H and O–H groups in total. The molecule has 2 amide bonds. The third-order valence-electron chi connectivity index (χ3n) is 5.01. The molecule has 0 aromatic heterocycles. The van der Waals surface area contributed by atoms with E-state index in [1.54, 1.807) is 0 Å². The molecule has 19 heavy (non-hydrogen) atoms. The van der Waals surface area contributed by atoms with Crippen molar-refractivity contribution in [3.05, 3.63) is 30.1 Å². The van der Waals surface area contributed by atoms with Gasteiger partial charge in [0.15, 0.2) is 0 Å². The molecule has 1 aromatic rings. The number of rotatable bonds is 1. The van der Waals surface area contributed by atoms with Crippen molar-refractivity contribution in [1.29, 1.82) is 0 Å². The largest absolute Gasteiger partial charge is 0.274 e. The van der Waals surface area contributed by atoms with E-state index in [0.717, 1.165) is 19.3 Å². The van der Waals surface area contributed by atoms with Gasteiger partial charge in [-0.2, -0.15) is 0 Å². The standard InChI is InChI=1S/C15H14FNO2/c16-10-3-5-11(6-4-10)17-14(18)12-8-1-2-9(7-8)13(12)15(17)19/h3-6,8-9,12-13H,1-2,7H2. The first-order chi connectivity index (χ1) is 9.16. The number of hydrogen-bond acceptors (Lipinski definition) is 2. The van der Waals surface area contributed by atoms with Crippen molar-refractivity contribution in [2.24, 2.45) is 23.7 Å². The molecule has 4 heteroatoms.